The summed E-state index contributed by atoms with van der Waals surface area (Å²) in [6.45, 7) is 0.626. The van der Waals surface area contributed by atoms with Crippen LogP contribution in [0.5, 0.6) is 0 Å². The monoisotopic (exact) mass is 304 g/mol. The van der Waals surface area contributed by atoms with E-state index in [2.05, 4.69) is 41.2 Å². The second-order valence-electron chi connectivity index (χ2n) is 6.17. The zero-order valence-electron chi connectivity index (χ0n) is 12.6. The lowest BCUT2D eigenvalue weighted by Gasteiger charge is -2.24. The number of thioether (sulfide) groups is 1. The first-order valence-corrected chi connectivity index (χ1v) is 9.15. The van der Waals surface area contributed by atoms with Crippen molar-refractivity contribution < 1.29 is 4.79 Å². The van der Waals surface area contributed by atoms with Gasteiger partial charge in [-0.3, -0.25) is 4.79 Å². The second-order valence-corrected chi connectivity index (χ2v) is 7.05. The van der Waals surface area contributed by atoms with Gasteiger partial charge in [0.1, 0.15) is 0 Å². The fraction of sp³-hybridized carbons (Fsp3) is 0.588. The molecular formula is C17H24N2OS. The van der Waals surface area contributed by atoms with Crippen LogP contribution >= 0.6 is 11.8 Å². The zero-order valence-corrected chi connectivity index (χ0v) is 13.4. The molecular weight excluding hydrogens is 280 g/mol. The molecule has 0 radical (unpaired) electrons. The summed E-state index contributed by atoms with van der Waals surface area (Å²) in [4.78, 5) is 13.6. The SMILES string of the molecule is CSc1ccc(CNC(=O)C2CC3CCCCC3N2)cc1. The van der Waals surface area contributed by atoms with Crippen molar-refractivity contribution in [1.82, 2.24) is 10.6 Å². The number of fused-ring (bicyclic) bond motifs is 1. The molecule has 1 aliphatic carbocycles. The van der Waals surface area contributed by atoms with E-state index in [0.29, 0.717) is 12.6 Å². The highest BCUT2D eigenvalue weighted by Gasteiger charge is 2.37. The largest absolute Gasteiger partial charge is 0.351 e. The van der Waals surface area contributed by atoms with Gasteiger partial charge in [0.25, 0.3) is 0 Å². The molecule has 3 atom stereocenters. The third-order valence-electron chi connectivity index (χ3n) is 4.81. The Balaban J connectivity index is 1.49. The molecule has 0 bridgehead atoms. The van der Waals surface area contributed by atoms with E-state index < -0.39 is 0 Å². The standard InChI is InChI=1S/C17H24N2OS/c1-21-14-8-6-12(7-9-14)11-18-17(20)16-10-13-4-2-3-5-15(13)19-16/h6-9,13,15-16,19H,2-5,10-11H2,1H3,(H,18,20). The smallest absolute Gasteiger partial charge is 0.237 e. The normalized spacial score (nSPS) is 28.1. The molecule has 1 aromatic rings. The number of benzene rings is 1. The summed E-state index contributed by atoms with van der Waals surface area (Å²) in [5.74, 6) is 0.883. The highest BCUT2D eigenvalue weighted by Crippen LogP contribution is 2.33. The van der Waals surface area contributed by atoms with Crippen molar-refractivity contribution in [3.8, 4) is 0 Å². The molecule has 4 heteroatoms. The van der Waals surface area contributed by atoms with Crippen LogP contribution in [0.25, 0.3) is 0 Å². The maximum absolute atomic E-state index is 12.3. The average molecular weight is 304 g/mol. The number of carbonyl (C=O) groups excluding carboxylic acids is 1. The van der Waals surface area contributed by atoms with Gasteiger partial charge in [-0.15, -0.1) is 11.8 Å². The molecule has 2 fully saturated rings. The fourth-order valence-electron chi connectivity index (χ4n) is 3.58. The van der Waals surface area contributed by atoms with Crippen molar-refractivity contribution in [2.45, 2.75) is 55.6 Å². The van der Waals surface area contributed by atoms with E-state index in [1.165, 1.54) is 30.6 Å². The number of rotatable bonds is 4. The van der Waals surface area contributed by atoms with E-state index >= 15 is 0 Å². The van der Waals surface area contributed by atoms with Crippen LogP contribution < -0.4 is 10.6 Å². The van der Waals surface area contributed by atoms with Gasteiger partial charge in [0.15, 0.2) is 0 Å². The van der Waals surface area contributed by atoms with E-state index in [4.69, 9.17) is 0 Å². The van der Waals surface area contributed by atoms with Crippen LogP contribution in [0.4, 0.5) is 0 Å². The van der Waals surface area contributed by atoms with Gasteiger partial charge in [-0.05, 0) is 49.1 Å². The van der Waals surface area contributed by atoms with Gasteiger partial charge in [-0.25, -0.2) is 0 Å². The Bertz CT molecular complexity index is 474. The summed E-state index contributed by atoms with van der Waals surface area (Å²) in [7, 11) is 0. The summed E-state index contributed by atoms with van der Waals surface area (Å²) in [5, 5.41) is 6.61. The lowest BCUT2D eigenvalue weighted by molar-refractivity contribution is -0.123. The van der Waals surface area contributed by atoms with Crippen LogP contribution in [0.15, 0.2) is 29.2 Å². The van der Waals surface area contributed by atoms with Gasteiger partial charge >= 0.3 is 0 Å². The van der Waals surface area contributed by atoms with Crippen LogP contribution in [0.1, 0.15) is 37.7 Å². The van der Waals surface area contributed by atoms with Crippen molar-refractivity contribution >= 4 is 17.7 Å². The predicted molar refractivity (Wildman–Crippen MR) is 87.4 cm³/mol. The molecule has 1 heterocycles. The third-order valence-corrected chi connectivity index (χ3v) is 5.55. The van der Waals surface area contributed by atoms with Gasteiger partial charge in [-0.2, -0.15) is 0 Å². The predicted octanol–water partition coefficient (Wildman–Crippen LogP) is 2.95. The van der Waals surface area contributed by atoms with Crippen LogP contribution in [0, 0.1) is 5.92 Å². The maximum atomic E-state index is 12.3. The molecule has 1 saturated heterocycles. The highest BCUT2D eigenvalue weighted by atomic mass is 32.2. The second kappa shape index (κ2) is 6.84. The van der Waals surface area contributed by atoms with Crippen molar-refractivity contribution in [3.63, 3.8) is 0 Å². The van der Waals surface area contributed by atoms with Crippen LogP contribution in [-0.4, -0.2) is 24.2 Å². The number of carbonyl (C=O) groups is 1. The topological polar surface area (TPSA) is 41.1 Å². The van der Waals surface area contributed by atoms with Crippen LogP contribution in [0.3, 0.4) is 0 Å². The Labute approximate surface area is 131 Å². The first-order valence-electron chi connectivity index (χ1n) is 7.93. The minimum atomic E-state index is 0.0172. The lowest BCUT2D eigenvalue weighted by atomic mass is 9.85. The molecule has 2 aliphatic rings. The van der Waals surface area contributed by atoms with Crippen molar-refractivity contribution in [2.24, 2.45) is 5.92 Å². The maximum Gasteiger partial charge on any atom is 0.237 e. The molecule has 114 valence electrons. The van der Waals surface area contributed by atoms with Gasteiger partial charge < -0.3 is 10.6 Å². The molecule has 1 saturated carbocycles. The summed E-state index contributed by atoms with van der Waals surface area (Å²) in [6, 6.07) is 8.99. The number of hydrogen-bond acceptors (Lipinski definition) is 3. The minimum Gasteiger partial charge on any atom is -0.351 e. The molecule has 0 spiro atoms. The Morgan fingerprint density at radius 2 is 2.05 bits per heavy atom. The van der Waals surface area contributed by atoms with Crippen molar-refractivity contribution in [3.05, 3.63) is 29.8 Å². The summed E-state index contributed by atoms with van der Waals surface area (Å²) >= 11 is 1.74. The number of amides is 1. The molecule has 3 nitrogen and oxygen atoms in total. The first-order chi connectivity index (χ1) is 10.3. The lowest BCUT2D eigenvalue weighted by Crippen LogP contribution is -2.42. The summed E-state index contributed by atoms with van der Waals surface area (Å²) < 4.78 is 0. The van der Waals surface area contributed by atoms with Gasteiger partial charge in [0.2, 0.25) is 5.91 Å². The summed E-state index contributed by atoms with van der Waals surface area (Å²) in [5.41, 5.74) is 1.16. The van der Waals surface area contributed by atoms with Crippen molar-refractivity contribution in [1.29, 1.82) is 0 Å². The Kier molecular flexibility index (Phi) is 4.86. The molecule has 1 aliphatic heterocycles. The zero-order chi connectivity index (χ0) is 14.7. The highest BCUT2D eigenvalue weighted by molar-refractivity contribution is 7.98. The van der Waals surface area contributed by atoms with Crippen LogP contribution in [-0.2, 0) is 11.3 Å². The van der Waals surface area contributed by atoms with E-state index in [0.717, 1.165) is 17.9 Å². The average Bonchev–Trinajstić information content (AvgIpc) is 2.97. The molecule has 2 N–H and O–H groups in total. The summed E-state index contributed by atoms with van der Waals surface area (Å²) in [6.07, 6.45) is 8.26. The number of hydrogen-bond donors (Lipinski definition) is 2. The number of nitrogens with one attached hydrogen (secondary N) is 2. The third kappa shape index (κ3) is 3.61. The molecule has 1 amide bonds. The van der Waals surface area contributed by atoms with Gasteiger partial charge in [0.05, 0.1) is 6.04 Å². The van der Waals surface area contributed by atoms with Crippen molar-refractivity contribution in [2.75, 3.05) is 6.26 Å². The Morgan fingerprint density at radius 3 is 2.76 bits per heavy atom. The molecule has 1 aromatic carbocycles. The molecule has 3 rings (SSSR count). The van der Waals surface area contributed by atoms with E-state index in [1.54, 1.807) is 11.8 Å². The molecule has 21 heavy (non-hydrogen) atoms. The fourth-order valence-corrected chi connectivity index (χ4v) is 3.99. The molecule has 0 aromatic heterocycles. The first kappa shape index (κ1) is 14.9. The van der Waals surface area contributed by atoms with Gasteiger partial charge in [0, 0.05) is 17.5 Å². The van der Waals surface area contributed by atoms with E-state index in [1.807, 2.05) is 0 Å². The quantitative estimate of drug-likeness (QED) is 0.840. The molecule has 3 unspecified atom stereocenters. The van der Waals surface area contributed by atoms with E-state index in [9.17, 15) is 4.79 Å². The Hall–Kier alpha value is -1.00. The van der Waals surface area contributed by atoms with Gasteiger partial charge in [-0.1, -0.05) is 25.0 Å². The minimum absolute atomic E-state index is 0.0172. The Morgan fingerprint density at radius 1 is 1.29 bits per heavy atom. The van der Waals surface area contributed by atoms with Crippen LogP contribution in [0.2, 0.25) is 0 Å². The van der Waals surface area contributed by atoms with E-state index in [-0.39, 0.29) is 11.9 Å².